The van der Waals surface area contributed by atoms with Crippen LogP contribution in [0.25, 0.3) is 22.5 Å². The van der Waals surface area contributed by atoms with E-state index in [9.17, 15) is 0 Å². The second kappa shape index (κ2) is 8.27. The van der Waals surface area contributed by atoms with Crippen LogP contribution in [0.3, 0.4) is 0 Å². The molecule has 4 saturated carbocycles. The van der Waals surface area contributed by atoms with Gasteiger partial charge in [0.15, 0.2) is 5.82 Å². The second-order valence-corrected chi connectivity index (χ2v) is 13.5. The molecule has 0 unspecified atom stereocenters. The second-order valence-electron chi connectivity index (χ2n) is 13.5. The van der Waals surface area contributed by atoms with Crippen LogP contribution in [-0.4, -0.2) is 39.1 Å². The van der Waals surface area contributed by atoms with Crippen molar-refractivity contribution in [3.05, 3.63) is 54.6 Å². The Bertz CT molecular complexity index is 1250. The average Bonchev–Trinajstić information content (AvgIpc) is 2.92. The maximum absolute atomic E-state index is 5.36. The summed E-state index contributed by atoms with van der Waals surface area (Å²) in [6.07, 6.45) is 13.5. The molecule has 0 amide bonds. The van der Waals surface area contributed by atoms with Gasteiger partial charge in [-0.15, -0.1) is 0 Å². The van der Waals surface area contributed by atoms with Crippen LogP contribution in [0, 0.1) is 23.7 Å². The Morgan fingerprint density at radius 2 is 0.895 bits per heavy atom. The molecule has 1 aromatic heterocycles. The van der Waals surface area contributed by atoms with Crippen molar-refractivity contribution in [2.45, 2.75) is 88.4 Å². The number of rotatable bonds is 4. The monoisotopic (exact) mass is 503 g/mol. The smallest absolute Gasteiger partial charge is 0.231 e. The number of benzene rings is 2. The van der Waals surface area contributed by atoms with Gasteiger partial charge in [-0.1, -0.05) is 48.5 Å². The van der Waals surface area contributed by atoms with Crippen LogP contribution in [0.15, 0.2) is 54.6 Å². The molecule has 4 aliphatic heterocycles. The number of nitrogens with zero attached hydrogens (tertiary/aromatic N) is 5. The van der Waals surface area contributed by atoms with E-state index >= 15 is 0 Å². The summed E-state index contributed by atoms with van der Waals surface area (Å²) in [5.41, 5.74) is 3.56. The maximum atomic E-state index is 5.36. The van der Waals surface area contributed by atoms with Gasteiger partial charge in [-0.3, -0.25) is 0 Å². The first-order valence-corrected chi connectivity index (χ1v) is 15.2. The van der Waals surface area contributed by atoms with Gasteiger partial charge >= 0.3 is 0 Å². The fourth-order valence-corrected chi connectivity index (χ4v) is 9.90. The average molecular weight is 504 g/mol. The molecular weight excluding hydrogens is 466 g/mol. The van der Waals surface area contributed by atoms with Crippen LogP contribution >= 0.6 is 0 Å². The zero-order valence-corrected chi connectivity index (χ0v) is 22.1. The predicted octanol–water partition coefficient (Wildman–Crippen LogP) is 6.74. The van der Waals surface area contributed by atoms with Gasteiger partial charge in [0, 0.05) is 29.7 Å². The summed E-state index contributed by atoms with van der Waals surface area (Å²) in [7, 11) is 0. The molecule has 0 radical (unpaired) electrons. The number of aromatic nitrogens is 3. The van der Waals surface area contributed by atoms with Gasteiger partial charge in [-0.25, -0.2) is 0 Å². The molecule has 194 valence electrons. The van der Waals surface area contributed by atoms with E-state index in [1.807, 2.05) is 0 Å². The third kappa shape index (κ3) is 3.46. The van der Waals surface area contributed by atoms with E-state index in [0.717, 1.165) is 47.0 Å². The molecule has 0 atom stereocenters. The predicted molar refractivity (Wildman–Crippen MR) is 151 cm³/mol. The fraction of sp³-hybridized carbons (Fsp3) is 0.545. The van der Waals surface area contributed by atoms with Crippen molar-refractivity contribution < 1.29 is 0 Å². The Labute approximate surface area is 225 Å². The molecule has 38 heavy (non-hydrogen) atoms. The summed E-state index contributed by atoms with van der Waals surface area (Å²) < 4.78 is 0. The van der Waals surface area contributed by atoms with E-state index in [1.54, 1.807) is 0 Å². The summed E-state index contributed by atoms with van der Waals surface area (Å²) in [6, 6.07) is 21.9. The van der Waals surface area contributed by atoms with E-state index in [0.29, 0.717) is 24.2 Å². The van der Waals surface area contributed by atoms with Gasteiger partial charge in [-0.05, 0) is 105 Å². The summed E-state index contributed by atoms with van der Waals surface area (Å²) >= 11 is 0. The highest BCUT2D eigenvalue weighted by Gasteiger charge is 2.50. The van der Waals surface area contributed by atoms with Gasteiger partial charge in [0.05, 0.1) is 0 Å². The topological polar surface area (TPSA) is 45.2 Å². The molecule has 3 aromatic rings. The van der Waals surface area contributed by atoms with E-state index < -0.39 is 0 Å². The summed E-state index contributed by atoms with van der Waals surface area (Å²) in [5.74, 6) is 6.45. The quantitative estimate of drug-likeness (QED) is 0.394. The molecule has 4 saturated heterocycles. The first-order valence-electron chi connectivity index (χ1n) is 15.2. The molecule has 8 fully saturated rings. The Balaban J connectivity index is 1.16. The minimum absolute atomic E-state index is 0.610. The van der Waals surface area contributed by atoms with Crippen molar-refractivity contribution in [1.82, 2.24) is 15.0 Å². The van der Waals surface area contributed by atoms with Crippen LogP contribution < -0.4 is 9.80 Å². The van der Waals surface area contributed by atoms with Crippen molar-refractivity contribution in [2.75, 3.05) is 9.80 Å². The van der Waals surface area contributed by atoms with Crippen LogP contribution in [0.4, 0.5) is 11.9 Å². The van der Waals surface area contributed by atoms with Gasteiger partial charge in [0.1, 0.15) is 0 Å². The largest absolute Gasteiger partial charge is 0.335 e. The first kappa shape index (κ1) is 21.9. The normalized spacial score (nSPS) is 36.3. The van der Waals surface area contributed by atoms with Crippen molar-refractivity contribution >= 4 is 11.9 Å². The molecular formula is C33H37N5. The lowest BCUT2D eigenvalue weighted by atomic mass is 9.63. The molecule has 8 bridgehead atoms. The first-order chi connectivity index (χ1) is 18.7. The molecule has 11 rings (SSSR count). The van der Waals surface area contributed by atoms with Crippen LogP contribution in [0.1, 0.15) is 64.2 Å². The fourth-order valence-electron chi connectivity index (χ4n) is 9.90. The molecule has 5 heterocycles. The van der Waals surface area contributed by atoms with E-state index in [1.165, 1.54) is 75.3 Å². The van der Waals surface area contributed by atoms with E-state index in [2.05, 4.69) is 64.4 Å². The lowest BCUT2D eigenvalue weighted by Crippen LogP contribution is -2.60. The van der Waals surface area contributed by atoms with Crippen LogP contribution in [0.5, 0.6) is 0 Å². The summed E-state index contributed by atoms with van der Waals surface area (Å²) in [6.45, 7) is 0. The Hall–Kier alpha value is -2.95. The van der Waals surface area contributed by atoms with Crippen LogP contribution in [-0.2, 0) is 0 Å². The highest BCUT2D eigenvalue weighted by Crippen LogP contribution is 2.52. The third-order valence-electron chi connectivity index (χ3n) is 11.1. The number of hydrogen-bond donors (Lipinski definition) is 0. The highest BCUT2D eigenvalue weighted by molar-refractivity contribution is 5.71. The zero-order valence-electron chi connectivity index (χ0n) is 22.1. The minimum Gasteiger partial charge on any atom is -0.335 e. The molecule has 4 aliphatic carbocycles. The molecule has 5 nitrogen and oxygen atoms in total. The van der Waals surface area contributed by atoms with Gasteiger partial charge in [0.2, 0.25) is 11.9 Å². The number of piperidine rings is 4. The summed E-state index contributed by atoms with van der Waals surface area (Å²) in [5, 5.41) is 0. The summed E-state index contributed by atoms with van der Waals surface area (Å²) in [4.78, 5) is 21.2. The third-order valence-corrected chi connectivity index (χ3v) is 11.1. The van der Waals surface area contributed by atoms with Gasteiger partial charge in [-0.2, -0.15) is 15.0 Å². The zero-order chi connectivity index (χ0) is 24.8. The van der Waals surface area contributed by atoms with Crippen LogP contribution in [0.2, 0.25) is 0 Å². The van der Waals surface area contributed by atoms with Crippen molar-refractivity contribution in [1.29, 1.82) is 0 Å². The molecule has 0 N–H and O–H groups in total. The maximum Gasteiger partial charge on any atom is 0.231 e. The molecule has 8 aliphatic rings. The lowest BCUT2D eigenvalue weighted by molar-refractivity contribution is 0.0864. The van der Waals surface area contributed by atoms with Crippen molar-refractivity contribution in [3.63, 3.8) is 0 Å². The lowest BCUT2D eigenvalue weighted by Gasteiger charge is -2.57. The standard InChI is InChI=1S/C33H37N5/c1-2-5-24(6-3-1)25-7-4-8-26(19-25)31-34-32(37-27-11-20-9-21(13-27)14-28(37)12-20)36-33(35-31)38-29-15-22-10-23(17-29)18-30(38)16-22/h1-8,19-23,27-30H,9-18H2. The van der Waals surface area contributed by atoms with Gasteiger partial charge in [0.25, 0.3) is 0 Å². The van der Waals surface area contributed by atoms with Crippen molar-refractivity contribution in [2.24, 2.45) is 23.7 Å². The molecule has 5 heteroatoms. The van der Waals surface area contributed by atoms with Gasteiger partial charge < -0.3 is 9.80 Å². The Morgan fingerprint density at radius 1 is 0.447 bits per heavy atom. The van der Waals surface area contributed by atoms with Crippen molar-refractivity contribution in [3.8, 4) is 22.5 Å². The molecule has 2 aromatic carbocycles. The van der Waals surface area contributed by atoms with E-state index in [-0.39, 0.29) is 0 Å². The minimum atomic E-state index is 0.610. The Morgan fingerprint density at radius 3 is 1.39 bits per heavy atom. The Kier molecular flexibility index (Phi) is 4.77. The number of hydrogen-bond acceptors (Lipinski definition) is 5. The SMILES string of the molecule is c1ccc(-c2cccc(-c3nc(N4C5CC6CC(C5)CC4C6)nc(N4C5CC6CC(C5)CC4C6)n3)c2)cc1. The number of anilines is 2. The van der Waals surface area contributed by atoms with E-state index in [4.69, 9.17) is 15.0 Å². The molecule has 0 spiro atoms. The highest BCUT2D eigenvalue weighted by atomic mass is 15.4.